The van der Waals surface area contributed by atoms with Gasteiger partial charge in [-0.15, -0.1) is 23.7 Å². The van der Waals surface area contributed by atoms with E-state index < -0.39 is 0 Å². The van der Waals surface area contributed by atoms with Crippen molar-refractivity contribution < 1.29 is 9.26 Å². The molecule has 0 aliphatic carbocycles. The number of ether oxygens (including phenoxy) is 1. The maximum Gasteiger partial charge on any atom is 0.246 e. The van der Waals surface area contributed by atoms with Crippen molar-refractivity contribution in [1.82, 2.24) is 15.5 Å². The topological polar surface area (TPSA) is 60.2 Å². The number of rotatable bonds is 3. The number of thiophene rings is 1. The van der Waals surface area contributed by atoms with Crippen molar-refractivity contribution >= 4 is 23.7 Å². The fourth-order valence-corrected chi connectivity index (χ4v) is 2.75. The summed E-state index contributed by atoms with van der Waals surface area (Å²) in [6.45, 7) is 3.56. The summed E-state index contributed by atoms with van der Waals surface area (Å²) in [5.74, 6) is 1.35. The highest BCUT2D eigenvalue weighted by molar-refractivity contribution is 7.09. The van der Waals surface area contributed by atoms with Crippen LogP contribution in [0.5, 0.6) is 0 Å². The van der Waals surface area contributed by atoms with Crippen molar-refractivity contribution in [2.75, 3.05) is 13.2 Å². The molecule has 0 aromatic carbocycles. The standard InChI is InChI=1S/C12H15N3O2S.ClH/c1-8-11(13-4-5-16-8)12-14-10(15-17-12)7-9-3-2-6-18-9;/h2-3,6,8,11,13H,4-5,7H2,1H3;1H/t8-,11+;/m1./s1. The predicted molar refractivity (Wildman–Crippen MR) is 74.8 cm³/mol. The first kappa shape index (κ1) is 14.5. The second-order valence-electron chi connectivity index (χ2n) is 4.31. The van der Waals surface area contributed by atoms with Crippen molar-refractivity contribution in [3.8, 4) is 0 Å². The van der Waals surface area contributed by atoms with E-state index in [0.29, 0.717) is 5.89 Å². The van der Waals surface area contributed by atoms with Crippen LogP contribution < -0.4 is 5.32 Å². The molecule has 0 saturated carbocycles. The Morgan fingerprint density at radius 1 is 1.53 bits per heavy atom. The number of hydrogen-bond donors (Lipinski definition) is 1. The minimum atomic E-state index is 0. The minimum absolute atomic E-state index is 0. The van der Waals surface area contributed by atoms with E-state index in [1.165, 1.54) is 4.88 Å². The third-order valence-corrected chi connectivity index (χ3v) is 3.86. The fraction of sp³-hybridized carbons (Fsp3) is 0.500. The third kappa shape index (κ3) is 3.33. The van der Waals surface area contributed by atoms with Gasteiger partial charge in [-0.2, -0.15) is 4.98 Å². The second kappa shape index (κ2) is 6.47. The van der Waals surface area contributed by atoms with Gasteiger partial charge in [0, 0.05) is 17.8 Å². The maximum atomic E-state index is 5.57. The fourth-order valence-electron chi connectivity index (χ4n) is 2.04. The molecule has 3 rings (SSSR count). The van der Waals surface area contributed by atoms with Crippen LogP contribution in [0.15, 0.2) is 22.0 Å². The van der Waals surface area contributed by atoms with Gasteiger partial charge in [-0.3, -0.25) is 0 Å². The van der Waals surface area contributed by atoms with Crippen LogP contribution in [0.3, 0.4) is 0 Å². The molecule has 0 radical (unpaired) electrons. The van der Waals surface area contributed by atoms with Gasteiger partial charge in [0.25, 0.3) is 0 Å². The van der Waals surface area contributed by atoms with Crippen molar-refractivity contribution in [3.05, 3.63) is 34.1 Å². The molecule has 104 valence electrons. The van der Waals surface area contributed by atoms with Gasteiger partial charge in [0.05, 0.1) is 12.7 Å². The Bertz CT molecular complexity index is 503. The molecule has 2 aromatic rings. The smallest absolute Gasteiger partial charge is 0.246 e. The van der Waals surface area contributed by atoms with Gasteiger partial charge >= 0.3 is 0 Å². The van der Waals surface area contributed by atoms with Crippen LogP contribution in [0.25, 0.3) is 0 Å². The molecule has 2 aromatic heterocycles. The molecule has 0 bridgehead atoms. The van der Waals surface area contributed by atoms with Gasteiger partial charge in [-0.05, 0) is 18.4 Å². The van der Waals surface area contributed by atoms with Crippen LogP contribution in [-0.2, 0) is 11.2 Å². The van der Waals surface area contributed by atoms with Crippen molar-refractivity contribution in [1.29, 1.82) is 0 Å². The molecule has 5 nitrogen and oxygen atoms in total. The van der Waals surface area contributed by atoms with Gasteiger partial charge in [-0.1, -0.05) is 11.2 Å². The summed E-state index contributed by atoms with van der Waals surface area (Å²) in [4.78, 5) is 5.68. The van der Waals surface area contributed by atoms with E-state index in [0.717, 1.165) is 25.4 Å². The first-order valence-corrected chi connectivity index (χ1v) is 6.91. The predicted octanol–water partition coefficient (Wildman–Crippen LogP) is 2.19. The third-order valence-electron chi connectivity index (χ3n) is 2.98. The van der Waals surface area contributed by atoms with Gasteiger partial charge in [0.15, 0.2) is 5.82 Å². The van der Waals surface area contributed by atoms with E-state index in [2.05, 4.69) is 26.9 Å². The van der Waals surface area contributed by atoms with E-state index in [-0.39, 0.29) is 24.6 Å². The number of morpholine rings is 1. The molecule has 1 aliphatic heterocycles. The SMILES string of the molecule is C[C@H]1OCCN[C@@H]1c1nc(Cc2cccs2)no1.Cl. The van der Waals surface area contributed by atoms with Crippen LogP contribution in [-0.4, -0.2) is 29.4 Å². The lowest BCUT2D eigenvalue weighted by Gasteiger charge is -2.27. The lowest BCUT2D eigenvalue weighted by atomic mass is 10.1. The normalized spacial score (nSPS) is 23.0. The Hall–Kier alpha value is -0.950. The molecule has 1 saturated heterocycles. The molecule has 0 unspecified atom stereocenters. The van der Waals surface area contributed by atoms with E-state index >= 15 is 0 Å². The Labute approximate surface area is 121 Å². The molecule has 0 amide bonds. The number of hydrogen-bond acceptors (Lipinski definition) is 6. The summed E-state index contributed by atoms with van der Waals surface area (Å²) in [5, 5.41) is 9.41. The first-order chi connectivity index (χ1) is 8.83. The second-order valence-corrected chi connectivity index (χ2v) is 5.34. The molecule has 19 heavy (non-hydrogen) atoms. The summed E-state index contributed by atoms with van der Waals surface area (Å²) in [7, 11) is 0. The Kier molecular flexibility index (Phi) is 4.93. The highest BCUT2D eigenvalue weighted by atomic mass is 35.5. The molecule has 1 N–H and O–H groups in total. The van der Waals surface area contributed by atoms with Crippen molar-refractivity contribution in [2.45, 2.75) is 25.5 Å². The highest BCUT2D eigenvalue weighted by Crippen LogP contribution is 2.21. The molecule has 7 heteroatoms. The Morgan fingerprint density at radius 3 is 3.16 bits per heavy atom. The number of nitrogens with zero attached hydrogens (tertiary/aromatic N) is 2. The molecule has 0 spiro atoms. The molecule has 3 heterocycles. The van der Waals surface area contributed by atoms with Gasteiger partial charge < -0.3 is 14.6 Å². The first-order valence-electron chi connectivity index (χ1n) is 6.03. The highest BCUT2D eigenvalue weighted by Gasteiger charge is 2.28. The number of nitrogens with one attached hydrogen (secondary N) is 1. The zero-order chi connectivity index (χ0) is 12.4. The summed E-state index contributed by atoms with van der Waals surface area (Å²) >= 11 is 1.70. The number of halogens is 1. The van der Waals surface area contributed by atoms with E-state index in [1.54, 1.807) is 11.3 Å². The summed E-state index contributed by atoms with van der Waals surface area (Å²) < 4.78 is 10.9. The largest absolute Gasteiger partial charge is 0.375 e. The van der Waals surface area contributed by atoms with Crippen molar-refractivity contribution in [2.24, 2.45) is 0 Å². The molecule has 1 fully saturated rings. The minimum Gasteiger partial charge on any atom is -0.375 e. The zero-order valence-corrected chi connectivity index (χ0v) is 12.2. The lowest BCUT2D eigenvalue weighted by molar-refractivity contribution is -0.00136. The molecule has 1 aliphatic rings. The van der Waals surface area contributed by atoms with E-state index in [4.69, 9.17) is 9.26 Å². The number of aromatic nitrogens is 2. The van der Waals surface area contributed by atoms with Crippen molar-refractivity contribution in [3.63, 3.8) is 0 Å². The maximum absolute atomic E-state index is 5.57. The van der Waals surface area contributed by atoms with E-state index in [1.807, 2.05) is 13.0 Å². The van der Waals surface area contributed by atoms with E-state index in [9.17, 15) is 0 Å². The summed E-state index contributed by atoms with van der Waals surface area (Å²) in [6.07, 6.45) is 0.789. The lowest BCUT2D eigenvalue weighted by Crippen LogP contribution is -2.40. The average molecular weight is 302 g/mol. The van der Waals surface area contributed by atoms with Crippen LogP contribution in [0.2, 0.25) is 0 Å². The van der Waals surface area contributed by atoms with Gasteiger partial charge in [0.2, 0.25) is 5.89 Å². The average Bonchev–Trinajstić information content (AvgIpc) is 3.02. The molecular weight excluding hydrogens is 286 g/mol. The van der Waals surface area contributed by atoms with Crippen LogP contribution in [0, 0.1) is 0 Å². The molecule has 2 atom stereocenters. The molecular formula is C12H16ClN3O2S. The van der Waals surface area contributed by atoms with Crippen LogP contribution in [0.1, 0.15) is 29.6 Å². The summed E-state index contributed by atoms with van der Waals surface area (Å²) in [6, 6.07) is 4.11. The van der Waals surface area contributed by atoms with Crippen LogP contribution >= 0.6 is 23.7 Å². The summed E-state index contributed by atoms with van der Waals surface area (Å²) in [5.41, 5.74) is 0. The van der Waals surface area contributed by atoms with Gasteiger partial charge in [-0.25, -0.2) is 0 Å². The Balaban J connectivity index is 0.00000133. The van der Waals surface area contributed by atoms with Crippen LogP contribution in [0.4, 0.5) is 0 Å². The quantitative estimate of drug-likeness (QED) is 0.942. The monoisotopic (exact) mass is 301 g/mol. The Morgan fingerprint density at radius 2 is 2.42 bits per heavy atom. The van der Waals surface area contributed by atoms with Gasteiger partial charge in [0.1, 0.15) is 6.04 Å². The zero-order valence-electron chi connectivity index (χ0n) is 10.5.